The van der Waals surface area contributed by atoms with Crippen LogP contribution >= 0.6 is 11.8 Å². The van der Waals surface area contributed by atoms with Crippen molar-refractivity contribution in [1.82, 2.24) is 0 Å². The van der Waals surface area contributed by atoms with Gasteiger partial charge in [-0.3, -0.25) is 4.79 Å². The van der Waals surface area contributed by atoms with Gasteiger partial charge in [0.15, 0.2) is 0 Å². The molecule has 19 heavy (non-hydrogen) atoms. The Labute approximate surface area is 117 Å². The summed E-state index contributed by atoms with van der Waals surface area (Å²) < 4.78 is 0. The highest BCUT2D eigenvalue weighted by molar-refractivity contribution is 7.99. The van der Waals surface area contributed by atoms with Gasteiger partial charge in [0.2, 0.25) is 5.91 Å². The van der Waals surface area contributed by atoms with Crippen molar-refractivity contribution < 1.29 is 15.0 Å². The van der Waals surface area contributed by atoms with Crippen molar-refractivity contribution in [3.8, 4) is 0 Å². The fourth-order valence-corrected chi connectivity index (χ4v) is 2.31. The number of nitrogen functional groups attached to an aromatic ring is 1. The third-order valence-corrected chi connectivity index (χ3v) is 3.76. The number of amides is 1. The topological polar surface area (TPSA) is 95.6 Å². The van der Waals surface area contributed by atoms with Crippen LogP contribution in [0.1, 0.15) is 12.0 Å². The number of nitrogens with one attached hydrogen (secondary N) is 1. The number of benzene rings is 1. The van der Waals surface area contributed by atoms with Gasteiger partial charge in [0, 0.05) is 29.3 Å². The van der Waals surface area contributed by atoms with Gasteiger partial charge in [0.1, 0.15) is 0 Å². The average Bonchev–Trinajstić information content (AvgIpc) is 2.39. The molecule has 1 aromatic carbocycles. The highest BCUT2D eigenvalue weighted by Crippen LogP contribution is 2.20. The maximum Gasteiger partial charge on any atom is 0.225 e. The van der Waals surface area contributed by atoms with E-state index in [0.717, 1.165) is 11.3 Å². The zero-order valence-electron chi connectivity index (χ0n) is 10.9. The normalized spacial score (nSPS) is 12.2. The number of nitrogens with two attached hydrogens (primary N) is 1. The molecule has 1 rings (SSSR count). The second kappa shape index (κ2) is 8.04. The van der Waals surface area contributed by atoms with Gasteiger partial charge in [-0.05, 0) is 24.6 Å². The van der Waals surface area contributed by atoms with Crippen LogP contribution < -0.4 is 11.1 Å². The van der Waals surface area contributed by atoms with Gasteiger partial charge >= 0.3 is 0 Å². The monoisotopic (exact) mass is 284 g/mol. The lowest BCUT2D eigenvalue weighted by Crippen LogP contribution is -2.17. The molecule has 5 N–H and O–H groups in total. The van der Waals surface area contributed by atoms with E-state index in [0.29, 0.717) is 23.6 Å². The maximum absolute atomic E-state index is 11.7. The van der Waals surface area contributed by atoms with Crippen molar-refractivity contribution in [3.63, 3.8) is 0 Å². The van der Waals surface area contributed by atoms with E-state index >= 15 is 0 Å². The van der Waals surface area contributed by atoms with E-state index in [2.05, 4.69) is 5.32 Å². The standard InChI is InChI=1S/C13H20N2O3S/c1-9-11(14)3-2-4-12(9)15-13(18)5-6-19-8-10(17)7-16/h2-4,10,16-17H,5-8,14H2,1H3,(H,15,18). The first-order valence-electron chi connectivity index (χ1n) is 6.06. The number of thioether (sulfide) groups is 1. The predicted molar refractivity (Wildman–Crippen MR) is 79.3 cm³/mol. The quantitative estimate of drug-likeness (QED) is 0.442. The summed E-state index contributed by atoms with van der Waals surface area (Å²) in [5, 5.41) is 20.6. The zero-order chi connectivity index (χ0) is 14.3. The summed E-state index contributed by atoms with van der Waals surface area (Å²) in [6, 6.07) is 5.40. The Kier molecular flexibility index (Phi) is 6.69. The fourth-order valence-electron chi connectivity index (χ4n) is 1.44. The molecule has 0 aliphatic carbocycles. The molecule has 0 bridgehead atoms. The molecular formula is C13H20N2O3S. The van der Waals surface area contributed by atoms with Crippen molar-refractivity contribution in [3.05, 3.63) is 23.8 Å². The zero-order valence-corrected chi connectivity index (χ0v) is 11.7. The van der Waals surface area contributed by atoms with Crippen molar-refractivity contribution in [2.45, 2.75) is 19.4 Å². The number of anilines is 2. The molecule has 1 amide bonds. The van der Waals surface area contributed by atoms with E-state index in [1.807, 2.05) is 13.0 Å². The fraction of sp³-hybridized carbons (Fsp3) is 0.462. The molecule has 0 aliphatic heterocycles. The summed E-state index contributed by atoms with van der Waals surface area (Å²) in [6.45, 7) is 1.61. The Morgan fingerprint density at radius 2 is 2.26 bits per heavy atom. The first kappa shape index (κ1) is 15.8. The van der Waals surface area contributed by atoms with Crippen LogP contribution in [-0.2, 0) is 4.79 Å². The summed E-state index contributed by atoms with van der Waals surface area (Å²) in [5.41, 5.74) is 8.00. The molecule has 5 nitrogen and oxygen atoms in total. The van der Waals surface area contributed by atoms with Crippen molar-refractivity contribution in [2.24, 2.45) is 0 Å². The van der Waals surface area contributed by atoms with Crippen LogP contribution in [0.15, 0.2) is 18.2 Å². The molecule has 0 saturated carbocycles. The third kappa shape index (κ3) is 5.50. The Morgan fingerprint density at radius 1 is 1.53 bits per heavy atom. The molecule has 1 atom stereocenters. The Bertz CT molecular complexity index is 426. The van der Waals surface area contributed by atoms with Crippen molar-refractivity contribution >= 4 is 29.0 Å². The minimum atomic E-state index is -0.718. The molecular weight excluding hydrogens is 264 g/mol. The van der Waals surface area contributed by atoms with Crippen LogP contribution in [0.3, 0.4) is 0 Å². The van der Waals surface area contributed by atoms with Gasteiger partial charge in [-0.25, -0.2) is 0 Å². The lowest BCUT2D eigenvalue weighted by molar-refractivity contribution is -0.115. The smallest absolute Gasteiger partial charge is 0.225 e. The predicted octanol–water partition coefficient (Wildman–Crippen LogP) is 0.992. The largest absolute Gasteiger partial charge is 0.398 e. The first-order chi connectivity index (χ1) is 9.04. The van der Waals surface area contributed by atoms with Crippen LogP contribution in [-0.4, -0.2) is 40.3 Å². The lowest BCUT2D eigenvalue weighted by Gasteiger charge is -2.10. The Hall–Kier alpha value is -1.24. The number of hydrogen-bond donors (Lipinski definition) is 4. The molecule has 0 spiro atoms. The van der Waals surface area contributed by atoms with Crippen LogP contribution in [0, 0.1) is 6.92 Å². The number of rotatable bonds is 7. The molecule has 1 aromatic rings. The second-order valence-electron chi connectivity index (χ2n) is 4.23. The molecule has 0 saturated heterocycles. The summed E-state index contributed by atoms with van der Waals surface area (Å²) in [6.07, 6.45) is -0.360. The van der Waals surface area contributed by atoms with E-state index in [1.165, 1.54) is 11.8 Å². The first-order valence-corrected chi connectivity index (χ1v) is 7.21. The van der Waals surface area contributed by atoms with E-state index in [4.69, 9.17) is 15.9 Å². The number of carbonyl (C=O) groups excluding carboxylic acids is 1. The van der Waals surface area contributed by atoms with Gasteiger partial charge < -0.3 is 21.3 Å². The van der Waals surface area contributed by atoms with E-state index < -0.39 is 6.10 Å². The highest BCUT2D eigenvalue weighted by Gasteiger charge is 2.07. The number of aliphatic hydroxyl groups excluding tert-OH is 2. The second-order valence-corrected chi connectivity index (χ2v) is 5.38. The minimum Gasteiger partial charge on any atom is -0.398 e. The van der Waals surface area contributed by atoms with E-state index in [-0.39, 0.29) is 12.5 Å². The number of aliphatic hydroxyl groups is 2. The highest BCUT2D eigenvalue weighted by atomic mass is 32.2. The summed E-state index contributed by atoms with van der Waals surface area (Å²) in [5.74, 6) is 0.949. The summed E-state index contributed by atoms with van der Waals surface area (Å²) >= 11 is 1.44. The van der Waals surface area contributed by atoms with Crippen molar-refractivity contribution in [1.29, 1.82) is 0 Å². The molecule has 1 unspecified atom stereocenters. The Balaban J connectivity index is 2.33. The SMILES string of the molecule is Cc1c(N)cccc1NC(=O)CCSCC(O)CO. The molecule has 0 fully saturated rings. The average molecular weight is 284 g/mol. The molecule has 106 valence electrons. The third-order valence-electron chi connectivity index (χ3n) is 2.64. The maximum atomic E-state index is 11.7. The summed E-state index contributed by atoms with van der Waals surface area (Å²) in [4.78, 5) is 11.7. The van der Waals surface area contributed by atoms with Gasteiger partial charge in [-0.15, -0.1) is 0 Å². The van der Waals surface area contributed by atoms with E-state index in [9.17, 15) is 4.79 Å². The van der Waals surface area contributed by atoms with Crippen molar-refractivity contribution in [2.75, 3.05) is 29.2 Å². The van der Waals surface area contributed by atoms with Gasteiger partial charge in [0.25, 0.3) is 0 Å². The van der Waals surface area contributed by atoms with Crippen LogP contribution in [0.2, 0.25) is 0 Å². The number of carbonyl (C=O) groups is 1. The lowest BCUT2D eigenvalue weighted by atomic mass is 10.1. The van der Waals surface area contributed by atoms with E-state index in [1.54, 1.807) is 12.1 Å². The van der Waals surface area contributed by atoms with Crippen LogP contribution in [0.25, 0.3) is 0 Å². The van der Waals surface area contributed by atoms with Gasteiger partial charge in [-0.2, -0.15) is 11.8 Å². The molecule has 0 aromatic heterocycles. The van der Waals surface area contributed by atoms with Crippen LogP contribution in [0.5, 0.6) is 0 Å². The molecule has 0 aliphatic rings. The molecule has 0 heterocycles. The van der Waals surface area contributed by atoms with Crippen LogP contribution in [0.4, 0.5) is 11.4 Å². The van der Waals surface area contributed by atoms with Gasteiger partial charge in [-0.1, -0.05) is 6.07 Å². The minimum absolute atomic E-state index is 0.0836. The number of hydrogen-bond acceptors (Lipinski definition) is 5. The summed E-state index contributed by atoms with van der Waals surface area (Å²) in [7, 11) is 0. The molecule has 0 radical (unpaired) electrons. The Morgan fingerprint density at radius 3 is 2.95 bits per heavy atom. The molecule has 6 heteroatoms. The van der Waals surface area contributed by atoms with Gasteiger partial charge in [0.05, 0.1) is 12.7 Å².